The normalized spacial score (nSPS) is 8.81. The summed E-state index contributed by atoms with van der Waals surface area (Å²) in [7, 11) is -3.67. The molecule has 0 amide bonds. The molecule has 1 atom stereocenters. The maximum Gasteiger partial charge on any atom is 1.00 e. The number of hydrogen-bond acceptors (Lipinski definition) is 5. The molecule has 0 aliphatic heterocycles. The molecule has 6 rings (SSSR count). The van der Waals surface area contributed by atoms with Crippen LogP contribution in [0.1, 0.15) is 124 Å². The minimum Gasteiger partial charge on any atom is -1.00 e. The Morgan fingerprint density at radius 3 is 0.761 bits per heavy atom. The van der Waals surface area contributed by atoms with E-state index in [1.807, 2.05) is 118 Å². The van der Waals surface area contributed by atoms with Crippen molar-refractivity contribution < 1.29 is 93.0 Å². The summed E-state index contributed by atoms with van der Waals surface area (Å²) in [6.07, 6.45) is 0.715. The SMILES string of the molecule is C.CC.CC.CC.CC.CC.CS(=O)(=O)O.Cc1ccc(-c2ccc(C)cc2)cc1.Cc1ccc(C)cc1.Cc1ccc(Oc2ccc(C)cc2)cc1.Cc1cccc(C)c1.O=S([O-])O.[H-].[H-].[Na+].[Na+]. The standard InChI is InChI=1S/C14H14O.C14H14.2C8H10.5C2H6.CH4O3S.CH4.2Na.H2O3S.2H/c1-11-3-7-13(8-4-11)15-14-9-5-12(2)6-10-14;1-11-3-7-13(8-4-11)14-9-5-12(2)6-10-14;1-7-3-5-8(2)6-4-7;1-7-4-3-5-8(2)6-7;5*1-2;1-5(2,3)4;;;;1-4(2)3;;/h3-10H,1-2H3;3-10H,1-2H3;2*3-6H,1-2H3;5*1-2H3;1H3,(H,2,3,4);1H4;;;(H2,1,2,3);;/q;;;;;;;;;;;2*+1;;2*-1/p-1. The van der Waals surface area contributed by atoms with Crippen LogP contribution in [0.2, 0.25) is 0 Å². The fraction of sp³-hybridized carbons (Fsp3) is 0.357. The van der Waals surface area contributed by atoms with Gasteiger partial charge in [-0.3, -0.25) is 4.55 Å². The van der Waals surface area contributed by atoms with Crippen LogP contribution in [0.5, 0.6) is 11.5 Å². The quantitative estimate of drug-likeness (QED) is 0.103. The predicted octanol–water partition coefficient (Wildman–Crippen LogP) is 11.5. The average molecular weight is 984 g/mol. The monoisotopic (exact) mass is 984 g/mol. The van der Waals surface area contributed by atoms with E-state index in [2.05, 4.69) is 152 Å². The first kappa shape index (κ1) is 81.1. The van der Waals surface area contributed by atoms with Crippen molar-refractivity contribution in [3.8, 4) is 22.6 Å². The first-order chi connectivity index (χ1) is 30.3. The second-order valence-corrected chi connectivity index (χ2v) is 14.6. The summed E-state index contributed by atoms with van der Waals surface area (Å²) < 4.78 is 55.6. The third-order valence-corrected chi connectivity index (χ3v) is 7.11. The van der Waals surface area contributed by atoms with E-state index in [0.717, 1.165) is 11.5 Å². The molecule has 67 heavy (non-hydrogen) atoms. The minimum atomic E-state index is -3.67. The van der Waals surface area contributed by atoms with Gasteiger partial charge in [0, 0.05) is 0 Å². The van der Waals surface area contributed by atoms with Gasteiger partial charge in [0.25, 0.3) is 10.1 Å². The van der Waals surface area contributed by atoms with Crippen molar-refractivity contribution in [2.45, 2.75) is 132 Å². The van der Waals surface area contributed by atoms with Gasteiger partial charge in [0.15, 0.2) is 0 Å². The van der Waals surface area contributed by atoms with Crippen LogP contribution in [-0.4, -0.2) is 32.5 Å². The maximum absolute atomic E-state index is 9.19. The molecule has 370 valence electrons. The number of benzene rings is 6. The molecule has 2 N–H and O–H groups in total. The van der Waals surface area contributed by atoms with Gasteiger partial charge in [0.1, 0.15) is 11.5 Å². The molecule has 0 aliphatic carbocycles. The van der Waals surface area contributed by atoms with Crippen LogP contribution in [0.3, 0.4) is 0 Å². The Morgan fingerprint density at radius 1 is 0.433 bits per heavy atom. The summed E-state index contributed by atoms with van der Waals surface area (Å²) in [6.45, 7) is 36.8. The fourth-order valence-corrected chi connectivity index (χ4v) is 4.28. The molecule has 6 aromatic rings. The summed E-state index contributed by atoms with van der Waals surface area (Å²) in [5.74, 6) is 1.76. The molecule has 6 aromatic carbocycles. The van der Waals surface area contributed by atoms with Crippen molar-refractivity contribution >= 4 is 21.5 Å². The fourth-order valence-electron chi connectivity index (χ4n) is 4.28. The van der Waals surface area contributed by atoms with Gasteiger partial charge in [-0.25, -0.2) is 4.21 Å². The second-order valence-electron chi connectivity index (χ2n) is 12.7. The number of ether oxygens (including phenoxy) is 1. The smallest absolute Gasteiger partial charge is 1.00 e. The maximum atomic E-state index is 9.19. The van der Waals surface area contributed by atoms with Crippen molar-refractivity contribution in [3.63, 3.8) is 0 Å². The molecule has 0 spiro atoms. The van der Waals surface area contributed by atoms with E-state index in [0.29, 0.717) is 6.26 Å². The minimum absolute atomic E-state index is 0. The summed E-state index contributed by atoms with van der Waals surface area (Å²) >= 11 is -2.86. The average Bonchev–Trinajstić information content (AvgIpc) is 3.28. The van der Waals surface area contributed by atoms with Gasteiger partial charge >= 0.3 is 59.1 Å². The Hall–Kier alpha value is -2.90. The molecular weight excluding hydrogens is 895 g/mol. The molecule has 1 unspecified atom stereocenters. The largest absolute Gasteiger partial charge is 1.00 e. The Bertz CT molecular complexity index is 1930. The van der Waals surface area contributed by atoms with Gasteiger partial charge in [0.05, 0.1) is 17.6 Å². The topological polar surface area (TPSA) is 124 Å². The molecular formula is C56H89Na2O7S2-. The molecule has 0 saturated heterocycles. The van der Waals surface area contributed by atoms with Crippen molar-refractivity contribution in [1.29, 1.82) is 0 Å². The molecule has 0 bridgehead atoms. The Morgan fingerprint density at radius 2 is 0.597 bits per heavy atom. The Kier molecular flexibility index (Phi) is 65.4. The third kappa shape index (κ3) is 55.6. The van der Waals surface area contributed by atoms with Crippen LogP contribution in [-0.2, 0) is 21.5 Å². The zero-order valence-electron chi connectivity index (χ0n) is 46.6. The van der Waals surface area contributed by atoms with Crippen LogP contribution in [0, 0.1) is 55.4 Å². The van der Waals surface area contributed by atoms with Gasteiger partial charge in [-0.1, -0.05) is 242 Å². The zero-order valence-corrected chi connectivity index (χ0v) is 50.2. The molecule has 0 aliphatic rings. The van der Waals surface area contributed by atoms with Crippen molar-refractivity contribution in [1.82, 2.24) is 0 Å². The van der Waals surface area contributed by atoms with Gasteiger partial charge < -0.3 is 16.7 Å². The molecule has 0 heterocycles. The summed E-state index contributed by atoms with van der Waals surface area (Å²) in [5.41, 5.74) is 13.0. The first-order valence-electron chi connectivity index (χ1n) is 22.0. The molecule has 0 radical (unpaired) electrons. The van der Waals surface area contributed by atoms with Crippen LogP contribution in [0.4, 0.5) is 0 Å². The van der Waals surface area contributed by atoms with Crippen LogP contribution < -0.4 is 63.9 Å². The predicted molar refractivity (Wildman–Crippen MR) is 290 cm³/mol. The molecule has 7 nitrogen and oxygen atoms in total. The second kappa shape index (κ2) is 54.0. The van der Waals surface area contributed by atoms with E-state index >= 15 is 0 Å². The Labute approximate surface area is 461 Å². The van der Waals surface area contributed by atoms with E-state index in [9.17, 15) is 8.42 Å². The molecule has 11 heteroatoms. The van der Waals surface area contributed by atoms with Crippen LogP contribution in [0.15, 0.2) is 146 Å². The number of rotatable bonds is 3. The van der Waals surface area contributed by atoms with Gasteiger partial charge in [-0.05, 0) is 90.8 Å². The van der Waals surface area contributed by atoms with E-state index in [-0.39, 0.29) is 69.4 Å². The van der Waals surface area contributed by atoms with Crippen LogP contribution >= 0.6 is 0 Å². The van der Waals surface area contributed by atoms with Gasteiger partial charge in [-0.15, -0.1) is 0 Å². The van der Waals surface area contributed by atoms with E-state index < -0.39 is 21.5 Å². The number of hydrogen-bond donors (Lipinski definition) is 2. The van der Waals surface area contributed by atoms with Crippen LogP contribution in [0.25, 0.3) is 11.1 Å². The Balaban J connectivity index is -0.0000000748. The van der Waals surface area contributed by atoms with E-state index in [1.165, 1.54) is 55.6 Å². The van der Waals surface area contributed by atoms with Crippen molar-refractivity contribution in [3.05, 3.63) is 190 Å². The van der Waals surface area contributed by atoms with Gasteiger partial charge in [-0.2, -0.15) is 8.42 Å². The third-order valence-electron chi connectivity index (χ3n) is 7.11. The zero-order chi connectivity index (χ0) is 50.7. The summed E-state index contributed by atoms with van der Waals surface area (Å²) in [6, 6.07) is 50.3. The molecule has 0 aromatic heterocycles. The molecule has 0 fully saturated rings. The summed E-state index contributed by atoms with van der Waals surface area (Å²) in [5, 5.41) is 0. The summed E-state index contributed by atoms with van der Waals surface area (Å²) in [4.78, 5) is 0. The first-order valence-corrected chi connectivity index (χ1v) is 24.9. The van der Waals surface area contributed by atoms with Gasteiger partial charge in [0.2, 0.25) is 0 Å². The van der Waals surface area contributed by atoms with Crippen molar-refractivity contribution in [2.75, 3.05) is 6.26 Å². The number of aryl methyl sites for hydroxylation is 8. The molecule has 0 saturated carbocycles. The van der Waals surface area contributed by atoms with E-state index in [1.54, 1.807) is 0 Å². The van der Waals surface area contributed by atoms with E-state index in [4.69, 9.17) is 22.6 Å². The van der Waals surface area contributed by atoms with Crippen molar-refractivity contribution in [2.24, 2.45) is 0 Å².